The normalized spacial score (nSPS) is 33.9. The number of carbonyl (C=O) groups excluding carboxylic acids is 1. The largest absolute Gasteiger partial charge is 0.394 e. The summed E-state index contributed by atoms with van der Waals surface area (Å²) in [5.74, 6) is 0.0679. The molecule has 0 spiro atoms. The summed E-state index contributed by atoms with van der Waals surface area (Å²) in [5.41, 5.74) is 1.12. The lowest BCUT2D eigenvalue weighted by molar-refractivity contribution is -0.125. The summed E-state index contributed by atoms with van der Waals surface area (Å²) in [7, 11) is 0. The van der Waals surface area contributed by atoms with Gasteiger partial charge in [-0.05, 0) is 31.7 Å². The molecular weight excluding hydrogens is 286 g/mol. The zero-order chi connectivity index (χ0) is 15.0. The van der Waals surface area contributed by atoms with Gasteiger partial charge in [0.25, 0.3) is 0 Å². The Bertz CT molecular complexity index is 507. The molecule has 2 bridgehead atoms. The number of ketones is 1. The lowest BCUT2D eigenvalue weighted by Crippen LogP contribution is -2.53. The van der Waals surface area contributed by atoms with Crippen molar-refractivity contribution < 1.29 is 9.90 Å². The van der Waals surface area contributed by atoms with Crippen molar-refractivity contribution in [3.63, 3.8) is 0 Å². The highest BCUT2D eigenvalue weighted by atomic mass is 35.5. The highest BCUT2D eigenvalue weighted by Crippen LogP contribution is 2.46. The first-order valence-corrected chi connectivity index (χ1v) is 8.15. The predicted molar refractivity (Wildman–Crippen MR) is 83.3 cm³/mol. The molecule has 0 aliphatic carbocycles. The number of hydrogen-bond donors (Lipinski definition) is 1. The molecule has 3 rings (SSSR count). The molecule has 3 nitrogen and oxygen atoms in total. The van der Waals surface area contributed by atoms with E-state index in [9.17, 15) is 9.90 Å². The molecule has 1 aromatic rings. The van der Waals surface area contributed by atoms with Gasteiger partial charge < -0.3 is 5.11 Å². The Morgan fingerprint density at radius 3 is 2.71 bits per heavy atom. The Morgan fingerprint density at radius 1 is 1.38 bits per heavy atom. The van der Waals surface area contributed by atoms with Gasteiger partial charge in [-0.25, -0.2) is 0 Å². The standard InChI is InChI=1S/C17H22ClNO2/c1-11(21)17-14(18)9-13-7-8-15(17)19(13)16(10-20)12-5-3-2-4-6-12/h2-6,13-17,20H,7-10H2,1H3/t13-,14?,15+,16+,17?/m1/s1. The van der Waals surface area contributed by atoms with Gasteiger partial charge in [0.1, 0.15) is 5.78 Å². The molecule has 0 amide bonds. The van der Waals surface area contributed by atoms with E-state index >= 15 is 0 Å². The van der Waals surface area contributed by atoms with Crippen molar-refractivity contribution in [2.45, 2.75) is 49.7 Å². The van der Waals surface area contributed by atoms with E-state index in [1.807, 2.05) is 18.2 Å². The number of piperidine rings is 1. The SMILES string of the molecule is CC(=O)C1C(Cl)C[C@H]2CC[C@@H]1N2[C@@H](CO)c1ccccc1. The molecule has 5 atom stereocenters. The third-order valence-corrected chi connectivity index (χ3v) is 5.54. The summed E-state index contributed by atoms with van der Waals surface area (Å²) in [6.07, 6.45) is 2.91. The average molecular weight is 308 g/mol. The summed E-state index contributed by atoms with van der Waals surface area (Å²) >= 11 is 6.46. The molecule has 2 aliphatic rings. The van der Waals surface area contributed by atoms with Gasteiger partial charge in [-0.15, -0.1) is 11.6 Å². The van der Waals surface area contributed by atoms with Crippen LogP contribution in [0, 0.1) is 5.92 Å². The fourth-order valence-corrected chi connectivity index (χ4v) is 4.79. The number of rotatable bonds is 4. The molecule has 2 fully saturated rings. The number of nitrogens with zero attached hydrogens (tertiary/aromatic N) is 1. The monoisotopic (exact) mass is 307 g/mol. The maximum absolute atomic E-state index is 12.0. The van der Waals surface area contributed by atoms with E-state index in [1.165, 1.54) is 0 Å². The van der Waals surface area contributed by atoms with Crippen LogP contribution >= 0.6 is 11.6 Å². The Balaban J connectivity index is 1.92. The van der Waals surface area contributed by atoms with Crippen LogP contribution in [-0.2, 0) is 4.79 Å². The third-order valence-electron chi connectivity index (χ3n) is 5.09. The number of fused-ring (bicyclic) bond motifs is 2. The fourth-order valence-electron chi connectivity index (χ4n) is 4.24. The van der Waals surface area contributed by atoms with Gasteiger partial charge in [0.05, 0.1) is 12.6 Å². The molecule has 0 aromatic heterocycles. The number of benzene rings is 1. The van der Waals surface area contributed by atoms with E-state index in [2.05, 4.69) is 17.0 Å². The Morgan fingerprint density at radius 2 is 2.10 bits per heavy atom. The molecule has 2 heterocycles. The smallest absolute Gasteiger partial charge is 0.135 e. The van der Waals surface area contributed by atoms with Crippen LogP contribution in [0.25, 0.3) is 0 Å². The maximum atomic E-state index is 12.0. The number of halogens is 1. The minimum absolute atomic E-state index is 0.0327. The number of aliphatic hydroxyl groups excluding tert-OH is 1. The minimum Gasteiger partial charge on any atom is -0.394 e. The molecule has 0 radical (unpaired) electrons. The molecule has 2 unspecified atom stereocenters. The topological polar surface area (TPSA) is 40.5 Å². The van der Waals surface area contributed by atoms with Gasteiger partial charge in [0, 0.05) is 23.4 Å². The lowest BCUT2D eigenvalue weighted by Gasteiger charge is -2.45. The van der Waals surface area contributed by atoms with Crippen molar-refractivity contribution in [3.05, 3.63) is 35.9 Å². The van der Waals surface area contributed by atoms with Gasteiger partial charge >= 0.3 is 0 Å². The van der Waals surface area contributed by atoms with Crippen LogP contribution in [-0.4, -0.2) is 39.9 Å². The van der Waals surface area contributed by atoms with Crippen molar-refractivity contribution in [2.24, 2.45) is 5.92 Å². The first-order chi connectivity index (χ1) is 10.1. The highest BCUT2D eigenvalue weighted by molar-refractivity contribution is 6.22. The quantitative estimate of drug-likeness (QED) is 0.870. The number of Topliss-reactive ketones (excluding diaryl/α,β-unsaturated/α-hetero) is 1. The van der Waals surface area contributed by atoms with Gasteiger partial charge in [0.2, 0.25) is 0 Å². The molecule has 4 heteroatoms. The summed E-state index contributed by atoms with van der Waals surface area (Å²) in [4.78, 5) is 14.4. The number of aliphatic hydroxyl groups is 1. The molecule has 0 saturated carbocycles. The summed E-state index contributed by atoms with van der Waals surface area (Å²) in [5, 5.41) is 9.86. The van der Waals surface area contributed by atoms with E-state index < -0.39 is 0 Å². The van der Waals surface area contributed by atoms with E-state index in [0.717, 1.165) is 24.8 Å². The second-order valence-corrected chi connectivity index (χ2v) is 6.80. The van der Waals surface area contributed by atoms with Crippen LogP contribution in [0.15, 0.2) is 30.3 Å². The predicted octanol–water partition coefficient (Wildman–Crippen LogP) is 2.77. The van der Waals surface area contributed by atoms with Crippen molar-refractivity contribution >= 4 is 17.4 Å². The van der Waals surface area contributed by atoms with Gasteiger partial charge in [-0.3, -0.25) is 9.69 Å². The lowest BCUT2D eigenvalue weighted by atomic mass is 9.85. The molecule has 2 aliphatic heterocycles. The Labute approximate surface area is 130 Å². The summed E-state index contributed by atoms with van der Waals surface area (Å²) < 4.78 is 0. The molecule has 2 saturated heterocycles. The van der Waals surface area contributed by atoms with Gasteiger partial charge in [0.15, 0.2) is 0 Å². The van der Waals surface area contributed by atoms with E-state index in [1.54, 1.807) is 6.92 Å². The Hall–Kier alpha value is -0.900. The van der Waals surface area contributed by atoms with Crippen LogP contribution in [0.1, 0.15) is 37.8 Å². The number of alkyl halides is 1. The third kappa shape index (κ3) is 2.63. The molecular formula is C17H22ClNO2. The second kappa shape index (κ2) is 6.07. The molecule has 114 valence electrons. The Kier molecular flexibility index (Phi) is 4.34. The second-order valence-electron chi connectivity index (χ2n) is 6.24. The van der Waals surface area contributed by atoms with Crippen LogP contribution < -0.4 is 0 Å². The van der Waals surface area contributed by atoms with E-state index in [-0.39, 0.29) is 35.8 Å². The van der Waals surface area contributed by atoms with Crippen LogP contribution in [0.2, 0.25) is 0 Å². The van der Waals surface area contributed by atoms with Crippen molar-refractivity contribution in [3.8, 4) is 0 Å². The minimum atomic E-state index is -0.108. The first-order valence-electron chi connectivity index (χ1n) is 7.71. The first kappa shape index (κ1) is 15.0. The summed E-state index contributed by atoms with van der Waals surface area (Å²) in [6.45, 7) is 1.72. The van der Waals surface area contributed by atoms with Crippen molar-refractivity contribution in [1.29, 1.82) is 0 Å². The molecule has 1 aromatic carbocycles. The zero-order valence-electron chi connectivity index (χ0n) is 12.3. The zero-order valence-corrected chi connectivity index (χ0v) is 13.0. The van der Waals surface area contributed by atoms with Crippen molar-refractivity contribution in [1.82, 2.24) is 4.90 Å². The maximum Gasteiger partial charge on any atom is 0.135 e. The average Bonchev–Trinajstić information content (AvgIpc) is 2.76. The summed E-state index contributed by atoms with van der Waals surface area (Å²) in [6, 6.07) is 10.6. The van der Waals surface area contributed by atoms with Crippen molar-refractivity contribution in [2.75, 3.05) is 6.61 Å². The highest BCUT2D eigenvalue weighted by Gasteiger charge is 2.50. The number of carbonyl (C=O) groups is 1. The van der Waals surface area contributed by atoms with Gasteiger partial charge in [-0.1, -0.05) is 30.3 Å². The van der Waals surface area contributed by atoms with E-state index in [4.69, 9.17) is 11.6 Å². The van der Waals surface area contributed by atoms with Crippen LogP contribution in [0.5, 0.6) is 0 Å². The molecule has 1 N–H and O–H groups in total. The fraction of sp³-hybridized carbons (Fsp3) is 0.588. The van der Waals surface area contributed by atoms with E-state index in [0.29, 0.717) is 6.04 Å². The van der Waals surface area contributed by atoms with Crippen LogP contribution in [0.3, 0.4) is 0 Å². The van der Waals surface area contributed by atoms with Gasteiger partial charge in [-0.2, -0.15) is 0 Å². The number of hydrogen-bond acceptors (Lipinski definition) is 3. The molecule has 21 heavy (non-hydrogen) atoms. The van der Waals surface area contributed by atoms with Crippen LogP contribution in [0.4, 0.5) is 0 Å².